The third-order valence-electron chi connectivity index (χ3n) is 5.77. The molecular formula is C28H24FNO6. The Hall–Kier alpha value is -4.46. The van der Waals surface area contributed by atoms with E-state index < -0.39 is 35.3 Å². The smallest absolute Gasteiger partial charge is 0.338 e. The van der Waals surface area contributed by atoms with Crippen LogP contribution in [0.15, 0.2) is 78.4 Å². The van der Waals surface area contributed by atoms with Gasteiger partial charge < -0.3 is 14.6 Å². The maximum absolute atomic E-state index is 14.1. The van der Waals surface area contributed by atoms with Crippen molar-refractivity contribution in [3.63, 3.8) is 0 Å². The summed E-state index contributed by atoms with van der Waals surface area (Å²) >= 11 is 0. The lowest BCUT2D eigenvalue weighted by Gasteiger charge is -2.26. The van der Waals surface area contributed by atoms with Crippen LogP contribution in [0.25, 0.3) is 5.76 Å². The maximum atomic E-state index is 14.1. The van der Waals surface area contributed by atoms with E-state index in [4.69, 9.17) is 9.47 Å². The molecule has 8 heteroatoms. The van der Waals surface area contributed by atoms with E-state index in [0.29, 0.717) is 12.0 Å². The average Bonchev–Trinajstić information content (AvgIpc) is 3.17. The van der Waals surface area contributed by atoms with Gasteiger partial charge in [-0.15, -0.1) is 0 Å². The van der Waals surface area contributed by atoms with E-state index in [0.717, 1.165) is 12.1 Å². The number of amides is 1. The minimum absolute atomic E-state index is 0.0617. The molecule has 7 nitrogen and oxygen atoms in total. The Labute approximate surface area is 207 Å². The summed E-state index contributed by atoms with van der Waals surface area (Å²) in [5, 5.41) is 11.2. The Kier molecular flexibility index (Phi) is 7.15. The summed E-state index contributed by atoms with van der Waals surface area (Å²) in [5.74, 6) is -3.50. The monoisotopic (exact) mass is 489 g/mol. The first-order chi connectivity index (χ1) is 17.4. The topological polar surface area (TPSA) is 93.1 Å². The number of carbonyl (C=O) groups excluding carboxylic acids is 3. The van der Waals surface area contributed by atoms with Gasteiger partial charge in [-0.25, -0.2) is 9.18 Å². The third kappa shape index (κ3) is 4.57. The van der Waals surface area contributed by atoms with Gasteiger partial charge in [-0.05, 0) is 48.4 Å². The molecule has 1 saturated heterocycles. The van der Waals surface area contributed by atoms with E-state index in [1.54, 1.807) is 48.5 Å². The molecule has 3 aromatic rings. The molecule has 0 saturated carbocycles. The van der Waals surface area contributed by atoms with Crippen molar-refractivity contribution in [2.24, 2.45) is 0 Å². The van der Waals surface area contributed by atoms with Crippen LogP contribution in [-0.4, -0.2) is 36.5 Å². The lowest BCUT2D eigenvalue weighted by Crippen LogP contribution is -2.29. The molecule has 1 atom stereocenters. The highest BCUT2D eigenvalue weighted by Gasteiger charge is 2.47. The van der Waals surface area contributed by atoms with Crippen LogP contribution >= 0.6 is 0 Å². The molecule has 36 heavy (non-hydrogen) atoms. The quantitative estimate of drug-likeness (QED) is 0.217. The Morgan fingerprint density at radius 2 is 1.78 bits per heavy atom. The molecule has 1 aliphatic rings. The number of aliphatic hydroxyl groups excluding tert-OH is 1. The minimum atomic E-state index is -1.04. The zero-order valence-electron chi connectivity index (χ0n) is 19.7. The Bertz CT molecular complexity index is 1350. The van der Waals surface area contributed by atoms with Crippen molar-refractivity contribution < 1.29 is 33.4 Å². The molecule has 0 bridgehead atoms. The van der Waals surface area contributed by atoms with Gasteiger partial charge in [-0.1, -0.05) is 43.3 Å². The fourth-order valence-corrected chi connectivity index (χ4v) is 4.12. The zero-order valence-corrected chi connectivity index (χ0v) is 19.7. The standard InChI is InChI=1S/C28H24FNO6/c1-3-14-36-28(34)18-10-7-11-20(15-18)30-24(17-8-5-4-6-9-17)23(26(32)27(30)33)25(31)21-16-19(29)12-13-22(21)35-2/h4-13,15-16,24,31H,3,14H2,1-2H3/b25-23+. The van der Waals surface area contributed by atoms with Gasteiger partial charge >= 0.3 is 5.97 Å². The van der Waals surface area contributed by atoms with Gasteiger partial charge in [0, 0.05) is 5.69 Å². The molecule has 1 fully saturated rings. The summed E-state index contributed by atoms with van der Waals surface area (Å²) in [7, 11) is 1.35. The first-order valence-electron chi connectivity index (χ1n) is 11.3. The van der Waals surface area contributed by atoms with Crippen LogP contribution in [0.3, 0.4) is 0 Å². The van der Waals surface area contributed by atoms with Gasteiger partial charge in [0.2, 0.25) is 0 Å². The van der Waals surface area contributed by atoms with Gasteiger partial charge in [-0.3, -0.25) is 14.5 Å². The van der Waals surface area contributed by atoms with Gasteiger partial charge in [0.15, 0.2) is 0 Å². The fourth-order valence-electron chi connectivity index (χ4n) is 4.12. The van der Waals surface area contributed by atoms with E-state index in [2.05, 4.69) is 0 Å². The molecular weight excluding hydrogens is 465 g/mol. The summed E-state index contributed by atoms with van der Waals surface area (Å²) in [6.45, 7) is 2.11. The van der Waals surface area contributed by atoms with E-state index in [9.17, 15) is 23.9 Å². The van der Waals surface area contributed by atoms with E-state index in [1.165, 1.54) is 24.1 Å². The number of ether oxygens (including phenoxy) is 2. The van der Waals surface area contributed by atoms with Crippen LogP contribution in [0, 0.1) is 5.82 Å². The molecule has 1 amide bonds. The van der Waals surface area contributed by atoms with Crippen LogP contribution in [-0.2, 0) is 14.3 Å². The summed E-state index contributed by atoms with van der Waals surface area (Å²) in [4.78, 5) is 40.3. The van der Waals surface area contributed by atoms with Gasteiger partial charge in [0.1, 0.15) is 17.3 Å². The van der Waals surface area contributed by atoms with Crippen molar-refractivity contribution in [3.8, 4) is 5.75 Å². The molecule has 1 aliphatic heterocycles. The molecule has 1 heterocycles. The molecule has 3 aromatic carbocycles. The summed E-state index contributed by atoms with van der Waals surface area (Å²) in [6, 6.07) is 17.3. The average molecular weight is 489 g/mol. The lowest BCUT2D eigenvalue weighted by atomic mass is 9.94. The second kappa shape index (κ2) is 10.4. The number of anilines is 1. The van der Waals surface area contributed by atoms with Crippen molar-refractivity contribution >= 4 is 29.1 Å². The van der Waals surface area contributed by atoms with Crippen LogP contribution in [0.5, 0.6) is 5.75 Å². The number of methoxy groups -OCH3 is 1. The predicted molar refractivity (Wildman–Crippen MR) is 131 cm³/mol. The summed E-state index contributed by atoms with van der Waals surface area (Å²) in [5.41, 5.74) is 0.721. The van der Waals surface area contributed by atoms with Gasteiger partial charge in [0.05, 0.1) is 36.5 Å². The molecule has 0 radical (unpaired) electrons. The molecule has 1 N–H and O–H groups in total. The molecule has 4 rings (SSSR count). The maximum Gasteiger partial charge on any atom is 0.338 e. The minimum Gasteiger partial charge on any atom is -0.507 e. The Balaban J connectivity index is 1.90. The number of halogens is 1. The van der Waals surface area contributed by atoms with Crippen LogP contribution in [0.4, 0.5) is 10.1 Å². The zero-order chi connectivity index (χ0) is 25.8. The number of rotatable bonds is 7. The highest BCUT2D eigenvalue weighted by molar-refractivity contribution is 6.51. The van der Waals surface area contributed by atoms with Crippen molar-refractivity contribution in [1.82, 2.24) is 0 Å². The van der Waals surface area contributed by atoms with Gasteiger partial charge in [-0.2, -0.15) is 0 Å². The van der Waals surface area contributed by atoms with Crippen LogP contribution < -0.4 is 9.64 Å². The number of nitrogens with zero attached hydrogens (tertiary/aromatic N) is 1. The number of carbonyl (C=O) groups is 3. The number of ketones is 1. The first kappa shape index (κ1) is 24.7. The van der Waals surface area contributed by atoms with Crippen molar-refractivity contribution in [3.05, 3.63) is 101 Å². The molecule has 0 aromatic heterocycles. The predicted octanol–water partition coefficient (Wildman–Crippen LogP) is 5.03. The Morgan fingerprint density at radius 3 is 2.47 bits per heavy atom. The van der Waals surface area contributed by atoms with Crippen molar-refractivity contribution in [2.45, 2.75) is 19.4 Å². The van der Waals surface area contributed by atoms with Gasteiger partial charge in [0.25, 0.3) is 11.7 Å². The number of benzene rings is 3. The van der Waals surface area contributed by atoms with Crippen LogP contribution in [0.1, 0.15) is 40.9 Å². The highest BCUT2D eigenvalue weighted by atomic mass is 19.1. The number of aliphatic hydroxyl groups is 1. The summed E-state index contributed by atoms with van der Waals surface area (Å²) in [6.07, 6.45) is 0.650. The molecule has 184 valence electrons. The second-order valence-electron chi connectivity index (χ2n) is 8.11. The molecule has 1 unspecified atom stereocenters. The van der Waals surface area contributed by atoms with Crippen LogP contribution in [0.2, 0.25) is 0 Å². The number of hydrogen-bond donors (Lipinski definition) is 1. The molecule has 0 spiro atoms. The second-order valence-corrected chi connectivity index (χ2v) is 8.11. The third-order valence-corrected chi connectivity index (χ3v) is 5.77. The molecule has 0 aliphatic carbocycles. The van der Waals surface area contributed by atoms with E-state index >= 15 is 0 Å². The number of Topliss-reactive ketones (excluding diaryl/α,β-unsaturated/α-hetero) is 1. The van der Waals surface area contributed by atoms with E-state index in [-0.39, 0.29) is 34.7 Å². The SMILES string of the molecule is CCCOC(=O)c1cccc(N2C(=O)C(=O)/C(=C(/O)c3cc(F)ccc3OC)C2c2ccccc2)c1. The van der Waals surface area contributed by atoms with E-state index in [1.807, 2.05) is 6.92 Å². The largest absolute Gasteiger partial charge is 0.507 e. The number of esters is 1. The lowest BCUT2D eigenvalue weighted by molar-refractivity contribution is -0.132. The number of hydrogen-bond acceptors (Lipinski definition) is 6. The van der Waals surface area contributed by atoms with Crippen molar-refractivity contribution in [1.29, 1.82) is 0 Å². The van der Waals surface area contributed by atoms with Crippen molar-refractivity contribution in [2.75, 3.05) is 18.6 Å². The first-order valence-corrected chi connectivity index (χ1v) is 11.3. The normalized spacial score (nSPS) is 16.8. The highest BCUT2D eigenvalue weighted by Crippen LogP contribution is 2.43. The fraction of sp³-hybridized carbons (Fsp3) is 0.179. The summed E-state index contributed by atoms with van der Waals surface area (Å²) < 4.78 is 24.5. The Morgan fingerprint density at radius 1 is 1.03 bits per heavy atom.